The number of nitrogens with zero attached hydrogens (tertiary/aromatic N) is 2. The van der Waals surface area contributed by atoms with Crippen LogP contribution in [-0.4, -0.2) is 42.6 Å². The van der Waals surface area contributed by atoms with Crippen molar-refractivity contribution in [3.63, 3.8) is 0 Å². The number of amides is 1. The molecule has 168 valence electrons. The summed E-state index contributed by atoms with van der Waals surface area (Å²) in [5.74, 6) is -0.517. The lowest BCUT2D eigenvalue weighted by atomic mass is 9.95. The van der Waals surface area contributed by atoms with Crippen LogP contribution in [0.3, 0.4) is 0 Å². The van der Waals surface area contributed by atoms with Crippen molar-refractivity contribution in [1.29, 1.82) is 0 Å². The van der Waals surface area contributed by atoms with E-state index < -0.39 is 17.7 Å². The molecule has 1 unspecified atom stereocenters. The molecule has 33 heavy (non-hydrogen) atoms. The van der Waals surface area contributed by atoms with Crippen molar-refractivity contribution in [3.05, 3.63) is 81.6 Å². The number of thiophene rings is 1. The molecule has 1 fully saturated rings. The van der Waals surface area contributed by atoms with E-state index in [2.05, 4.69) is 0 Å². The van der Waals surface area contributed by atoms with E-state index in [1.807, 2.05) is 60.8 Å². The van der Waals surface area contributed by atoms with Crippen LogP contribution in [0, 0.1) is 0 Å². The van der Waals surface area contributed by atoms with E-state index in [0.29, 0.717) is 17.1 Å². The van der Waals surface area contributed by atoms with Crippen LogP contribution in [0.15, 0.2) is 65.6 Å². The van der Waals surface area contributed by atoms with E-state index in [4.69, 9.17) is 9.47 Å². The van der Waals surface area contributed by atoms with E-state index in [-0.39, 0.29) is 24.7 Å². The van der Waals surface area contributed by atoms with Crippen molar-refractivity contribution in [1.82, 2.24) is 4.90 Å². The second-order valence-electron chi connectivity index (χ2n) is 8.06. The monoisotopic (exact) mass is 462 g/mol. The van der Waals surface area contributed by atoms with Crippen LogP contribution in [0.4, 0.5) is 5.69 Å². The van der Waals surface area contributed by atoms with Gasteiger partial charge in [0.15, 0.2) is 11.5 Å². The Hall–Kier alpha value is -3.78. The van der Waals surface area contributed by atoms with Gasteiger partial charge in [-0.25, -0.2) is 0 Å². The average Bonchev–Trinajstić information content (AvgIpc) is 3.55. The van der Waals surface area contributed by atoms with Crippen molar-refractivity contribution in [2.75, 3.05) is 25.8 Å². The lowest BCUT2D eigenvalue weighted by molar-refractivity contribution is -0.140. The highest BCUT2D eigenvalue weighted by molar-refractivity contribution is 7.09. The fourth-order valence-corrected chi connectivity index (χ4v) is 4.82. The molecular weight excluding hydrogens is 440 g/mol. The Bertz CT molecular complexity index is 1250. The highest BCUT2D eigenvalue weighted by Crippen LogP contribution is 2.42. The molecule has 3 aromatic rings. The van der Waals surface area contributed by atoms with E-state index in [1.54, 1.807) is 18.2 Å². The summed E-state index contributed by atoms with van der Waals surface area (Å²) < 4.78 is 10.8. The zero-order valence-electron chi connectivity index (χ0n) is 18.1. The van der Waals surface area contributed by atoms with Crippen molar-refractivity contribution >= 4 is 34.5 Å². The van der Waals surface area contributed by atoms with Crippen LogP contribution in [0.1, 0.15) is 22.0 Å². The maximum Gasteiger partial charge on any atom is 0.295 e. The zero-order chi connectivity index (χ0) is 23.1. The molecular formula is C25H22N2O5S. The number of ether oxygens (including phenoxy) is 2. The molecule has 0 spiro atoms. The Balaban J connectivity index is 1.63. The predicted octanol–water partition coefficient (Wildman–Crippen LogP) is 4.16. The van der Waals surface area contributed by atoms with Gasteiger partial charge in [0, 0.05) is 30.2 Å². The highest BCUT2D eigenvalue weighted by atomic mass is 32.1. The number of fused-ring (bicyclic) bond motifs is 1. The minimum Gasteiger partial charge on any atom is -0.507 e. The first-order valence-corrected chi connectivity index (χ1v) is 11.3. The molecule has 2 aliphatic rings. The summed E-state index contributed by atoms with van der Waals surface area (Å²) in [6, 6.07) is 15.7. The first-order valence-electron chi connectivity index (χ1n) is 10.4. The third-order valence-corrected chi connectivity index (χ3v) is 6.68. The van der Waals surface area contributed by atoms with E-state index in [9.17, 15) is 14.7 Å². The van der Waals surface area contributed by atoms with Gasteiger partial charge >= 0.3 is 0 Å². The largest absolute Gasteiger partial charge is 0.507 e. The molecule has 3 heterocycles. The Morgan fingerprint density at radius 3 is 2.55 bits per heavy atom. The van der Waals surface area contributed by atoms with Gasteiger partial charge in [-0.2, -0.15) is 0 Å². The average molecular weight is 463 g/mol. The molecule has 0 radical (unpaired) electrons. The number of Topliss-reactive ketones (excluding diaryl/α,β-unsaturated/α-hetero) is 1. The fourth-order valence-electron chi connectivity index (χ4n) is 4.11. The molecule has 1 atom stereocenters. The third kappa shape index (κ3) is 3.72. The number of rotatable bonds is 5. The van der Waals surface area contributed by atoms with Gasteiger partial charge in [0.25, 0.3) is 11.7 Å². The molecule has 1 saturated heterocycles. The van der Waals surface area contributed by atoms with E-state index in [0.717, 1.165) is 16.1 Å². The standard InChI is InChI=1S/C25H22N2O5S/c1-26(2)17-8-5-15(6-9-17)22-21(23(28)16-7-10-19-20(12-16)32-14-31-19)24(29)25(30)27(22)13-18-4-3-11-33-18/h3-12,22,28H,13-14H2,1-2H3/b23-21+. The number of ketones is 1. The van der Waals surface area contributed by atoms with Gasteiger partial charge in [0.1, 0.15) is 5.76 Å². The summed E-state index contributed by atoms with van der Waals surface area (Å²) in [4.78, 5) is 30.7. The number of aliphatic hydroxyl groups is 1. The summed E-state index contributed by atoms with van der Waals surface area (Å²) in [5, 5.41) is 13.2. The number of hydrogen-bond acceptors (Lipinski definition) is 7. The van der Waals surface area contributed by atoms with Crippen molar-refractivity contribution < 1.29 is 24.2 Å². The number of likely N-dealkylation sites (tertiary alicyclic amines) is 1. The molecule has 8 heteroatoms. The number of hydrogen-bond donors (Lipinski definition) is 1. The van der Waals surface area contributed by atoms with Crippen LogP contribution >= 0.6 is 11.3 Å². The first-order chi connectivity index (χ1) is 15.9. The molecule has 0 saturated carbocycles. The van der Waals surface area contributed by atoms with Crippen LogP contribution in [0.2, 0.25) is 0 Å². The zero-order valence-corrected chi connectivity index (χ0v) is 19.0. The maximum atomic E-state index is 13.2. The molecule has 2 aromatic carbocycles. The lowest BCUT2D eigenvalue weighted by Gasteiger charge is -2.25. The Morgan fingerprint density at radius 1 is 1.09 bits per heavy atom. The van der Waals surface area contributed by atoms with Crippen LogP contribution in [0.5, 0.6) is 11.5 Å². The molecule has 7 nitrogen and oxygen atoms in total. The van der Waals surface area contributed by atoms with E-state index >= 15 is 0 Å². The minimum atomic E-state index is -0.714. The normalized spacial score (nSPS) is 18.7. The van der Waals surface area contributed by atoms with Gasteiger partial charge in [-0.3, -0.25) is 9.59 Å². The first kappa shape index (κ1) is 21.1. The number of carbonyl (C=O) groups is 2. The molecule has 1 amide bonds. The quantitative estimate of drug-likeness (QED) is 0.348. The van der Waals surface area contributed by atoms with Gasteiger partial charge in [-0.15, -0.1) is 11.3 Å². The summed E-state index contributed by atoms with van der Waals surface area (Å²) in [5.41, 5.74) is 2.19. The summed E-state index contributed by atoms with van der Waals surface area (Å²) in [6.07, 6.45) is 0. The Labute approximate surface area is 195 Å². The van der Waals surface area contributed by atoms with Gasteiger partial charge in [0.05, 0.1) is 18.2 Å². The second kappa shape index (κ2) is 8.29. The number of carbonyl (C=O) groups excluding carboxylic acids is 2. The smallest absolute Gasteiger partial charge is 0.295 e. The van der Waals surface area contributed by atoms with Gasteiger partial charge in [-0.05, 0) is 47.3 Å². The predicted molar refractivity (Wildman–Crippen MR) is 125 cm³/mol. The summed E-state index contributed by atoms with van der Waals surface area (Å²) in [6.45, 7) is 0.378. The molecule has 1 aromatic heterocycles. The molecule has 2 aliphatic heterocycles. The van der Waals surface area contributed by atoms with Crippen LogP contribution in [0.25, 0.3) is 5.76 Å². The summed E-state index contributed by atoms with van der Waals surface area (Å²) >= 11 is 1.52. The van der Waals surface area contributed by atoms with Crippen molar-refractivity contribution in [3.8, 4) is 11.5 Å². The molecule has 0 aliphatic carbocycles. The highest BCUT2D eigenvalue weighted by Gasteiger charge is 2.46. The molecule has 5 rings (SSSR count). The topological polar surface area (TPSA) is 79.3 Å². The van der Waals surface area contributed by atoms with Gasteiger partial charge in [-0.1, -0.05) is 18.2 Å². The third-order valence-electron chi connectivity index (χ3n) is 5.82. The lowest BCUT2D eigenvalue weighted by Crippen LogP contribution is -2.28. The number of benzene rings is 2. The SMILES string of the molecule is CN(C)c1ccc(C2/C(=C(\O)c3ccc4c(c3)OCO4)C(=O)C(=O)N2Cc2cccs2)cc1. The summed E-state index contributed by atoms with van der Waals surface area (Å²) in [7, 11) is 3.88. The van der Waals surface area contributed by atoms with E-state index in [1.165, 1.54) is 16.2 Å². The van der Waals surface area contributed by atoms with Crippen LogP contribution in [-0.2, 0) is 16.1 Å². The van der Waals surface area contributed by atoms with Gasteiger partial charge in [0.2, 0.25) is 6.79 Å². The molecule has 0 bridgehead atoms. The Kier molecular flexibility index (Phi) is 5.30. The Morgan fingerprint density at radius 2 is 1.85 bits per heavy atom. The minimum absolute atomic E-state index is 0.0630. The second-order valence-corrected chi connectivity index (χ2v) is 9.09. The van der Waals surface area contributed by atoms with Crippen molar-refractivity contribution in [2.45, 2.75) is 12.6 Å². The number of anilines is 1. The molecule has 1 N–H and O–H groups in total. The van der Waals surface area contributed by atoms with Crippen molar-refractivity contribution in [2.24, 2.45) is 0 Å². The number of aliphatic hydroxyl groups excluding tert-OH is 1. The fraction of sp³-hybridized carbons (Fsp3) is 0.200. The maximum absolute atomic E-state index is 13.2. The van der Waals surface area contributed by atoms with Gasteiger partial charge < -0.3 is 24.4 Å². The van der Waals surface area contributed by atoms with Crippen LogP contribution < -0.4 is 14.4 Å².